The molecule has 0 amide bonds. The van der Waals surface area contributed by atoms with Crippen LogP contribution in [0.3, 0.4) is 0 Å². The van der Waals surface area contributed by atoms with Crippen LogP contribution in [0.1, 0.15) is 26.7 Å². The highest BCUT2D eigenvalue weighted by atomic mass is 15.1. The maximum Gasteiger partial charge on any atom is 0.0410 e. The van der Waals surface area contributed by atoms with Gasteiger partial charge < -0.3 is 5.32 Å². The normalized spacial score (nSPS) is 43.9. The molecule has 2 rings (SSSR count). The van der Waals surface area contributed by atoms with Crippen LogP contribution in [0.2, 0.25) is 0 Å². The number of nitrogens with one attached hydrogen (secondary N) is 1. The third kappa shape index (κ3) is 0.983. The molecule has 0 radical (unpaired) electrons. The molecule has 1 saturated heterocycles. The fraction of sp³-hybridized carbons (Fsp3) is 0.818. The number of terminal acetylenes is 1. The van der Waals surface area contributed by atoms with Crippen molar-refractivity contribution in [3.8, 4) is 12.3 Å². The SMILES string of the molecule is C#CC1C(C)C(C)CNC12CC2. The van der Waals surface area contributed by atoms with Gasteiger partial charge in [-0.1, -0.05) is 13.8 Å². The van der Waals surface area contributed by atoms with Gasteiger partial charge in [-0.25, -0.2) is 0 Å². The van der Waals surface area contributed by atoms with Gasteiger partial charge in [0.1, 0.15) is 0 Å². The summed E-state index contributed by atoms with van der Waals surface area (Å²) in [7, 11) is 0. The highest BCUT2D eigenvalue weighted by Gasteiger charge is 2.53. The highest BCUT2D eigenvalue weighted by Crippen LogP contribution is 2.49. The van der Waals surface area contributed by atoms with Crippen LogP contribution in [0.25, 0.3) is 0 Å². The Morgan fingerprint density at radius 2 is 2.08 bits per heavy atom. The van der Waals surface area contributed by atoms with Crippen LogP contribution in [-0.4, -0.2) is 12.1 Å². The Bertz CT molecular complexity index is 222. The molecule has 66 valence electrons. The largest absolute Gasteiger partial charge is 0.310 e. The second-order valence-corrected chi connectivity index (χ2v) is 4.52. The summed E-state index contributed by atoms with van der Waals surface area (Å²) < 4.78 is 0. The number of hydrogen-bond acceptors (Lipinski definition) is 1. The van der Waals surface area contributed by atoms with E-state index in [1.54, 1.807) is 0 Å². The molecule has 0 aromatic heterocycles. The second-order valence-electron chi connectivity index (χ2n) is 4.52. The molecule has 2 aliphatic rings. The summed E-state index contributed by atoms with van der Waals surface area (Å²) in [5, 5.41) is 3.61. The van der Waals surface area contributed by atoms with E-state index in [9.17, 15) is 0 Å². The van der Waals surface area contributed by atoms with Crippen molar-refractivity contribution < 1.29 is 0 Å². The zero-order valence-corrected chi connectivity index (χ0v) is 7.93. The number of hydrogen-bond donors (Lipinski definition) is 1. The molecular formula is C11H17N. The van der Waals surface area contributed by atoms with Crippen LogP contribution >= 0.6 is 0 Å². The zero-order chi connectivity index (χ0) is 8.77. The van der Waals surface area contributed by atoms with E-state index in [1.807, 2.05) is 0 Å². The average Bonchev–Trinajstić information content (AvgIpc) is 2.81. The molecule has 1 heterocycles. The van der Waals surface area contributed by atoms with Crippen molar-refractivity contribution in [3.05, 3.63) is 0 Å². The third-order valence-electron chi connectivity index (χ3n) is 3.76. The summed E-state index contributed by atoms with van der Waals surface area (Å²) in [5.41, 5.74) is 0.362. The summed E-state index contributed by atoms with van der Waals surface area (Å²) in [6, 6.07) is 0. The smallest absolute Gasteiger partial charge is 0.0410 e. The van der Waals surface area contributed by atoms with Gasteiger partial charge in [-0.3, -0.25) is 0 Å². The molecule has 0 bridgehead atoms. The van der Waals surface area contributed by atoms with Crippen molar-refractivity contribution in [2.45, 2.75) is 32.2 Å². The Balaban J connectivity index is 2.17. The number of rotatable bonds is 0. The molecule has 1 saturated carbocycles. The third-order valence-corrected chi connectivity index (χ3v) is 3.76. The molecule has 3 unspecified atom stereocenters. The van der Waals surface area contributed by atoms with E-state index < -0.39 is 0 Å². The Kier molecular flexibility index (Phi) is 1.70. The van der Waals surface area contributed by atoms with Crippen molar-refractivity contribution in [2.24, 2.45) is 17.8 Å². The highest BCUT2D eigenvalue weighted by molar-refractivity contribution is 5.19. The topological polar surface area (TPSA) is 12.0 Å². The minimum atomic E-state index is 0.362. The first-order chi connectivity index (χ1) is 5.69. The Labute approximate surface area is 74.9 Å². The van der Waals surface area contributed by atoms with Crippen molar-refractivity contribution in [1.29, 1.82) is 0 Å². The fourth-order valence-electron chi connectivity index (χ4n) is 2.43. The lowest BCUT2D eigenvalue weighted by Crippen LogP contribution is -2.50. The van der Waals surface area contributed by atoms with Gasteiger partial charge in [0, 0.05) is 11.5 Å². The molecular weight excluding hydrogens is 146 g/mol. The molecule has 1 aliphatic carbocycles. The van der Waals surface area contributed by atoms with E-state index >= 15 is 0 Å². The first-order valence-electron chi connectivity index (χ1n) is 4.91. The molecule has 12 heavy (non-hydrogen) atoms. The first-order valence-corrected chi connectivity index (χ1v) is 4.91. The quantitative estimate of drug-likeness (QED) is 0.535. The van der Waals surface area contributed by atoms with Crippen molar-refractivity contribution in [2.75, 3.05) is 6.54 Å². The molecule has 1 N–H and O–H groups in total. The van der Waals surface area contributed by atoms with Crippen molar-refractivity contribution in [3.63, 3.8) is 0 Å². The molecule has 1 spiro atoms. The maximum absolute atomic E-state index is 5.58. The second kappa shape index (κ2) is 2.50. The maximum atomic E-state index is 5.58. The standard InChI is InChI=1S/C11H17N/c1-4-10-9(3)8(2)7-12-11(10)5-6-11/h1,8-10,12H,5-7H2,2-3H3. The van der Waals surface area contributed by atoms with Crippen LogP contribution < -0.4 is 5.32 Å². The van der Waals surface area contributed by atoms with E-state index in [-0.39, 0.29) is 0 Å². The first kappa shape index (κ1) is 8.13. The van der Waals surface area contributed by atoms with Gasteiger partial charge in [0.25, 0.3) is 0 Å². The van der Waals surface area contributed by atoms with E-state index in [2.05, 4.69) is 25.1 Å². The predicted molar refractivity (Wildman–Crippen MR) is 50.6 cm³/mol. The lowest BCUT2D eigenvalue weighted by Gasteiger charge is -2.39. The molecule has 1 aliphatic heterocycles. The van der Waals surface area contributed by atoms with E-state index in [0.717, 1.165) is 12.5 Å². The summed E-state index contributed by atoms with van der Waals surface area (Å²) in [6.07, 6.45) is 8.16. The van der Waals surface area contributed by atoms with E-state index in [0.29, 0.717) is 17.4 Å². The van der Waals surface area contributed by atoms with Gasteiger partial charge in [-0.2, -0.15) is 0 Å². The van der Waals surface area contributed by atoms with E-state index in [1.165, 1.54) is 12.8 Å². The Hall–Kier alpha value is -0.480. The molecule has 1 heteroatoms. The average molecular weight is 163 g/mol. The van der Waals surface area contributed by atoms with Crippen molar-refractivity contribution >= 4 is 0 Å². The van der Waals surface area contributed by atoms with Gasteiger partial charge in [0.05, 0.1) is 0 Å². The molecule has 2 fully saturated rings. The van der Waals surface area contributed by atoms with Gasteiger partial charge in [-0.05, 0) is 31.2 Å². The zero-order valence-electron chi connectivity index (χ0n) is 7.93. The minimum Gasteiger partial charge on any atom is -0.310 e. The van der Waals surface area contributed by atoms with Gasteiger partial charge in [0.2, 0.25) is 0 Å². The molecule has 0 aromatic carbocycles. The lowest BCUT2D eigenvalue weighted by atomic mass is 9.75. The molecule has 3 atom stereocenters. The Morgan fingerprint density at radius 3 is 2.58 bits per heavy atom. The van der Waals surface area contributed by atoms with Crippen LogP contribution in [0, 0.1) is 30.1 Å². The van der Waals surface area contributed by atoms with Gasteiger partial charge in [-0.15, -0.1) is 12.3 Å². The van der Waals surface area contributed by atoms with E-state index in [4.69, 9.17) is 6.42 Å². The molecule has 0 aromatic rings. The summed E-state index contributed by atoms with van der Waals surface area (Å²) in [5.74, 6) is 4.87. The Morgan fingerprint density at radius 1 is 1.42 bits per heavy atom. The van der Waals surface area contributed by atoms with Crippen LogP contribution in [0.15, 0.2) is 0 Å². The summed E-state index contributed by atoms with van der Waals surface area (Å²) in [6.45, 7) is 5.74. The fourth-order valence-corrected chi connectivity index (χ4v) is 2.43. The molecule has 1 nitrogen and oxygen atoms in total. The van der Waals surface area contributed by atoms with Crippen LogP contribution in [0.4, 0.5) is 0 Å². The van der Waals surface area contributed by atoms with Crippen molar-refractivity contribution in [1.82, 2.24) is 5.32 Å². The lowest BCUT2D eigenvalue weighted by molar-refractivity contribution is 0.174. The monoisotopic (exact) mass is 163 g/mol. The summed E-state index contributed by atoms with van der Waals surface area (Å²) in [4.78, 5) is 0. The van der Waals surface area contributed by atoms with Crippen LogP contribution in [0.5, 0.6) is 0 Å². The van der Waals surface area contributed by atoms with Crippen LogP contribution in [-0.2, 0) is 0 Å². The predicted octanol–water partition coefficient (Wildman–Crippen LogP) is 1.64. The van der Waals surface area contributed by atoms with Gasteiger partial charge >= 0.3 is 0 Å². The van der Waals surface area contributed by atoms with Gasteiger partial charge in [0.15, 0.2) is 0 Å². The summed E-state index contributed by atoms with van der Waals surface area (Å²) >= 11 is 0. The minimum absolute atomic E-state index is 0.362. The number of piperidine rings is 1.